The molecular formula is C11H15FN. The second-order valence-corrected chi connectivity index (χ2v) is 3.53. The minimum atomic E-state index is -0.147. The van der Waals surface area contributed by atoms with E-state index in [4.69, 9.17) is 0 Å². The topological polar surface area (TPSA) is 3.24 Å². The fraction of sp³-hybridized carbons (Fsp3) is 0.455. The average Bonchev–Trinajstić information content (AvgIpc) is 2.08. The molecule has 0 aromatic heterocycles. The third kappa shape index (κ3) is 2.81. The first-order valence-electron chi connectivity index (χ1n) is 4.46. The van der Waals surface area contributed by atoms with Gasteiger partial charge in [-0.1, -0.05) is 6.07 Å². The summed E-state index contributed by atoms with van der Waals surface area (Å²) in [7, 11) is 1.98. The molecule has 0 aliphatic rings. The van der Waals surface area contributed by atoms with Gasteiger partial charge in [0.1, 0.15) is 5.82 Å². The van der Waals surface area contributed by atoms with Crippen LogP contribution in [0.5, 0.6) is 0 Å². The molecule has 0 N–H and O–H groups in total. The molecule has 0 aliphatic heterocycles. The maximum Gasteiger partial charge on any atom is 0.127 e. The Kier molecular flexibility index (Phi) is 3.43. The summed E-state index contributed by atoms with van der Waals surface area (Å²) in [4.78, 5) is 2.09. The first-order chi connectivity index (χ1) is 6.11. The van der Waals surface area contributed by atoms with Gasteiger partial charge >= 0.3 is 0 Å². The molecule has 0 unspecified atom stereocenters. The molecule has 0 atom stereocenters. The summed E-state index contributed by atoms with van der Waals surface area (Å²) in [5, 5.41) is 0. The summed E-state index contributed by atoms with van der Waals surface area (Å²) in [5.74, 6) is -0.147. The van der Waals surface area contributed by atoms with E-state index in [0.717, 1.165) is 0 Å². The summed E-state index contributed by atoms with van der Waals surface area (Å²) in [6.07, 6.45) is 0. The van der Waals surface area contributed by atoms with Crippen molar-refractivity contribution in [1.82, 2.24) is 4.90 Å². The van der Waals surface area contributed by atoms with E-state index in [2.05, 4.69) is 24.8 Å². The molecule has 1 aromatic rings. The lowest BCUT2D eigenvalue weighted by molar-refractivity contribution is 0.262. The normalized spacial score (nSPS) is 11.2. The second kappa shape index (κ2) is 4.38. The highest BCUT2D eigenvalue weighted by molar-refractivity contribution is 5.16. The Hall–Kier alpha value is -0.890. The van der Waals surface area contributed by atoms with Crippen LogP contribution in [-0.4, -0.2) is 18.0 Å². The smallest absolute Gasteiger partial charge is 0.127 e. The van der Waals surface area contributed by atoms with Gasteiger partial charge in [0, 0.05) is 18.2 Å². The molecular weight excluding hydrogens is 165 g/mol. The van der Waals surface area contributed by atoms with Crippen molar-refractivity contribution in [1.29, 1.82) is 0 Å². The molecule has 0 aliphatic carbocycles. The number of halogens is 1. The van der Waals surface area contributed by atoms with Crippen molar-refractivity contribution < 1.29 is 4.39 Å². The SMILES string of the molecule is CC(C)N(C)Cc1c[c]ccc1F. The molecule has 0 spiro atoms. The van der Waals surface area contributed by atoms with E-state index >= 15 is 0 Å². The molecule has 1 nitrogen and oxygen atoms in total. The molecule has 13 heavy (non-hydrogen) atoms. The molecule has 1 aromatic carbocycles. The monoisotopic (exact) mass is 180 g/mol. The lowest BCUT2D eigenvalue weighted by atomic mass is 10.2. The number of rotatable bonds is 3. The third-order valence-electron chi connectivity index (χ3n) is 2.19. The van der Waals surface area contributed by atoms with E-state index in [1.807, 2.05) is 7.05 Å². The zero-order valence-electron chi connectivity index (χ0n) is 8.34. The van der Waals surface area contributed by atoms with Gasteiger partial charge in [0.05, 0.1) is 0 Å². The molecule has 0 fully saturated rings. The highest BCUT2D eigenvalue weighted by Crippen LogP contribution is 2.09. The van der Waals surface area contributed by atoms with Gasteiger partial charge < -0.3 is 0 Å². The molecule has 71 valence electrons. The van der Waals surface area contributed by atoms with E-state index in [0.29, 0.717) is 18.2 Å². The minimum absolute atomic E-state index is 0.147. The van der Waals surface area contributed by atoms with Crippen molar-refractivity contribution in [2.24, 2.45) is 0 Å². The van der Waals surface area contributed by atoms with Crippen molar-refractivity contribution in [2.45, 2.75) is 26.4 Å². The van der Waals surface area contributed by atoms with Crippen LogP contribution in [0.1, 0.15) is 19.4 Å². The molecule has 1 rings (SSSR count). The summed E-state index contributed by atoms with van der Waals surface area (Å²) in [5.41, 5.74) is 0.707. The van der Waals surface area contributed by atoms with Crippen LogP contribution in [-0.2, 0) is 6.54 Å². The van der Waals surface area contributed by atoms with E-state index in [1.165, 1.54) is 6.07 Å². The summed E-state index contributed by atoms with van der Waals surface area (Å²) < 4.78 is 13.2. The Labute approximate surface area is 79.2 Å². The van der Waals surface area contributed by atoms with Gasteiger partial charge in [-0.25, -0.2) is 4.39 Å². The van der Waals surface area contributed by atoms with Gasteiger partial charge in [-0.2, -0.15) is 0 Å². The van der Waals surface area contributed by atoms with Crippen molar-refractivity contribution in [3.05, 3.63) is 35.6 Å². The van der Waals surface area contributed by atoms with E-state index in [9.17, 15) is 4.39 Å². The van der Waals surface area contributed by atoms with Crippen LogP contribution >= 0.6 is 0 Å². The molecule has 0 amide bonds. The highest BCUT2D eigenvalue weighted by Gasteiger charge is 2.06. The van der Waals surface area contributed by atoms with Gasteiger partial charge in [-0.15, -0.1) is 0 Å². The summed E-state index contributed by atoms with van der Waals surface area (Å²) in [6.45, 7) is 4.82. The maximum absolute atomic E-state index is 13.2. The Morgan fingerprint density at radius 3 is 2.77 bits per heavy atom. The zero-order valence-corrected chi connectivity index (χ0v) is 8.34. The van der Waals surface area contributed by atoms with Crippen LogP contribution in [0.3, 0.4) is 0 Å². The van der Waals surface area contributed by atoms with E-state index < -0.39 is 0 Å². The van der Waals surface area contributed by atoms with Crippen molar-refractivity contribution >= 4 is 0 Å². The van der Waals surface area contributed by atoms with Crippen molar-refractivity contribution in [3.8, 4) is 0 Å². The quantitative estimate of drug-likeness (QED) is 0.690. The van der Waals surface area contributed by atoms with Crippen LogP contribution in [0, 0.1) is 11.9 Å². The molecule has 0 saturated heterocycles. The lowest BCUT2D eigenvalue weighted by Crippen LogP contribution is -2.25. The molecule has 0 saturated carbocycles. The number of hydrogen-bond acceptors (Lipinski definition) is 1. The highest BCUT2D eigenvalue weighted by atomic mass is 19.1. The van der Waals surface area contributed by atoms with Crippen LogP contribution in [0.25, 0.3) is 0 Å². The Morgan fingerprint density at radius 1 is 1.54 bits per heavy atom. The van der Waals surface area contributed by atoms with Crippen molar-refractivity contribution in [3.63, 3.8) is 0 Å². The zero-order chi connectivity index (χ0) is 9.84. The Bertz CT molecular complexity index is 271. The summed E-state index contributed by atoms with van der Waals surface area (Å²) in [6, 6.07) is 8.05. The Morgan fingerprint density at radius 2 is 2.23 bits per heavy atom. The predicted octanol–water partition coefficient (Wildman–Crippen LogP) is 2.47. The standard InChI is InChI=1S/C11H15FN/c1-9(2)13(3)8-10-6-4-5-7-11(10)12/h5-7,9H,8H2,1-3H3. The fourth-order valence-electron chi connectivity index (χ4n) is 1.02. The van der Waals surface area contributed by atoms with Crippen LogP contribution in [0.2, 0.25) is 0 Å². The fourth-order valence-corrected chi connectivity index (χ4v) is 1.02. The number of nitrogens with zero attached hydrogens (tertiary/aromatic N) is 1. The predicted molar refractivity (Wildman–Crippen MR) is 51.8 cm³/mol. The lowest BCUT2D eigenvalue weighted by Gasteiger charge is -2.20. The van der Waals surface area contributed by atoms with E-state index in [-0.39, 0.29) is 5.82 Å². The van der Waals surface area contributed by atoms with Gasteiger partial charge in [-0.3, -0.25) is 4.90 Å². The first-order valence-corrected chi connectivity index (χ1v) is 4.46. The van der Waals surface area contributed by atoms with Crippen LogP contribution in [0.4, 0.5) is 4.39 Å². The van der Waals surface area contributed by atoms with Gasteiger partial charge in [0.25, 0.3) is 0 Å². The van der Waals surface area contributed by atoms with Gasteiger partial charge in [-0.05, 0) is 39.1 Å². The molecule has 1 radical (unpaired) electrons. The van der Waals surface area contributed by atoms with Crippen LogP contribution < -0.4 is 0 Å². The van der Waals surface area contributed by atoms with E-state index in [1.54, 1.807) is 12.1 Å². The maximum atomic E-state index is 13.2. The largest absolute Gasteiger partial charge is 0.300 e. The number of hydrogen-bond donors (Lipinski definition) is 0. The molecule has 0 bridgehead atoms. The Balaban J connectivity index is 2.69. The average molecular weight is 180 g/mol. The number of benzene rings is 1. The summed E-state index contributed by atoms with van der Waals surface area (Å²) >= 11 is 0. The van der Waals surface area contributed by atoms with Crippen LogP contribution in [0.15, 0.2) is 18.2 Å². The molecule has 0 heterocycles. The first kappa shape index (κ1) is 10.2. The van der Waals surface area contributed by atoms with Gasteiger partial charge in [0.2, 0.25) is 0 Å². The van der Waals surface area contributed by atoms with Gasteiger partial charge in [0.15, 0.2) is 0 Å². The second-order valence-electron chi connectivity index (χ2n) is 3.53. The van der Waals surface area contributed by atoms with Crippen molar-refractivity contribution in [2.75, 3.05) is 7.05 Å². The minimum Gasteiger partial charge on any atom is -0.300 e. The molecule has 2 heteroatoms. The third-order valence-corrected chi connectivity index (χ3v) is 2.19.